The third kappa shape index (κ3) is 21.7. The molecule has 4 saturated carbocycles. The Hall–Kier alpha value is -5.50. The SMILES string of the molecule is CC[C@H](C)[C@H](N)C(=O)OC1CCC(N(C(=O)C2CCC(C)CC2)c2cc(C#CC(C)(C)C)sc2C(=O)O)CC1.CC[C@H](C)[C@H](NC(=O)OC(C)(C)C)C(=O)OC1CCC(N(C(=O)C2CCC(C)CC2)c2cc(C#CC(C)(C)C)sc2C(=O)O)CC1.F. The number of anilines is 2. The minimum absolute atomic E-state index is 0. The zero-order chi connectivity index (χ0) is 63.3. The maximum Gasteiger partial charge on any atom is 0.408 e. The van der Waals surface area contributed by atoms with Crippen molar-refractivity contribution >= 4 is 75.8 Å². The average Bonchev–Trinajstić information content (AvgIpc) is 1.79. The van der Waals surface area contributed by atoms with Gasteiger partial charge < -0.3 is 45.3 Å². The molecule has 0 unspecified atom stereocenters. The van der Waals surface area contributed by atoms with Crippen LogP contribution in [0.4, 0.5) is 20.9 Å². The summed E-state index contributed by atoms with van der Waals surface area (Å²) in [7, 11) is 0. The molecule has 0 aliphatic heterocycles. The molecule has 19 heteroatoms. The first-order valence-corrected chi connectivity index (χ1v) is 32.9. The van der Waals surface area contributed by atoms with Gasteiger partial charge in [0.15, 0.2) is 0 Å². The Morgan fingerprint density at radius 1 is 0.593 bits per heavy atom. The summed E-state index contributed by atoms with van der Waals surface area (Å²) in [6, 6.07) is 1.67. The first kappa shape index (κ1) is 73.0. The number of carboxylic acid groups (broad SMARTS) is 2. The van der Waals surface area contributed by atoms with Gasteiger partial charge in [-0.25, -0.2) is 19.2 Å². The lowest BCUT2D eigenvalue weighted by Crippen LogP contribution is -2.50. The van der Waals surface area contributed by atoms with Crippen molar-refractivity contribution in [2.45, 2.75) is 261 Å². The van der Waals surface area contributed by atoms with Crippen molar-refractivity contribution in [3.63, 3.8) is 0 Å². The van der Waals surface area contributed by atoms with Crippen molar-refractivity contribution in [2.24, 2.45) is 52.1 Å². The number of rotatable bonds is 17. The number of nitrogens with two attached hydrogens (primary N) is 1. The number of hydrogen-bond acceptors (Lipinski definition) is 13. The fourth-order valence-electron chi connectivity index (χ4n) is 11.4. The highest BCUT2D eigenvalue weighted by Gasteiger charge is 2.41. The van der Waals surface area contributed by atoms with Crippen LogP contribution in [0.3, 0.4) is 0 Å². The van der Waals surface area contributed by atoms with E-state index < -0.39 is 41.7 Å². The number of aromatic carboxylic acids is 2. The highest BCUT2D eigenvalue weighted by atomic mass is 32.1. The highest BCUT2D eigenvalue weighted by Crippen LogP contribution is 2.42. The van der Waals surface area contributed by atoms with Crippen LogP contribution in [0.2, 0.25) is 0 Å². The second kappa shape index (κ2) is 32.1. The van der Waals surface area contributed by atoms with Crippen molar-refractivity contribution < 1.29 is 62.7 Å². The van der Waals surface area contributed by atoms with Gasteiger partial charge in [0.25, 0.3) is 0 Å². The standard InChI is InChI=1S/C36H54N2O7S.C31H46N2O5S.FH/c1-10-23(3)29(37-34(43)45-36(7,8)9)33(42)44-26-17-15-25(16-18-26)38(31(39)24-13-11-22(2)12-14-24)28-21-27(19-20-35(4,5)6)46-30(28)32(40)41;1-7-20(3)26(32)30(37)38-23-14-12-22(13-15-23)33(28(34)21-10-8-19(2)9-11-21)25-18-24(16-17-31(4,5)6)39-27(25)29(35)36;/h21-26,29H,10-18H2,1-9H3,(H,37,43)(H,40,41);18-23,26H,7-15,32H2,1-6H3,(H,35,36);1H/t22?,23-,24?,25?,26?,29-;19?,20-,21?,22?,23?,26-;/m00./s1. The summed E-state index contributed by atoms with van der Waals surface area (Å²) in [6.45, 7) is 29.5. The van der Waals surface area contributed by atoms with Crippen LogP contribution >= 0.6 is 22.7 Å². The van der Waals surface area contributed by atoms with E-state index in [4.69, 9.17) is 19.9 Å². The van der Waals surface area contributed by atoms with Crippen LogP contribution in [0, 0.1) is 70.0 Å². The van der Waals surface area contributed by atoms with Crippen LogP contribution in [0.1, 0.15) is 249 Å². The second-order valence-corrected chi connectivity index (χ2v) is 29.9. The number of carbonyl (C=O) groups excluding carboxylic acids is 5. The highest BCUT2D eigenvalue weighted by molar-refractivity contribution is 7.15. The minimum atomic E-state index is -1.07. The molecule has 16 nitrogen and oxygen atoms in total. The molecule has 4 fully saturated rings. The number of carboxylic acids is 2. The Morgan fingerprint density at radius 2 is 0.953 bits per heavy atom. The predicted octanol–water partition coefficient (Wildman–Crippen LogP) is 14.2. The number of amides is 3. The van der Waals surface area contributed by atoms with Crippen molar-refractivity contribution in [1.29, 1.82) is 0 Å². The molecule has 0 bridgehead atoms. The maximum atomic E-state index is 14.2. The molecule has 0 radical (unpaired) electrons. The van der Waals surface area contributed by atoms with Gasteiger partial charge in [-0.05, 0) is 201 Å². The van der Waals surface area contributed by atoms with Gasteiger partial charge in [-0.2, -0.15) is 0 Å². The van der Waals surface area contributed by atoms with Gasteiger partial charge in [0.2, 0.25) is 11.8 Å². The first-order chi connectivity index (χ1) is 39.7. The molecule has 0 aromatic carbocycles. The van der Waals surface area contributed by atoms with E-state index in [1.807, 2.05) is 69.2 Å². The van der Waals surface area contributed by atoms with Crippen LogP contribution in [-0.2, 0) is 33.4 Å². The molecule has 2 aromatic rings. The summed E-state index contributed by atoms with van der Waals surface area (Å²) >= 11 is 2.24. The Labute approximate surface area is 519 Å². The van der Waals surface area contributed by atoms with E-state index in [-0.39, 0.29) is 91.0 Å². The largest absolute Gasteiger partial charge is 0.477 e. The van der Waals surface area contributed by atoms with E-state index >= 15 is 0 Å². The van der Waals surface area contributed by atoms with E-state index in [0.717, 1.165) is 80.5 Å². The summed E-state index contributed by atoms with van der Waals surface area (Å²) in [4.78, 5) is 96.5. The van der Waals surface area contributed by atoms with E-state index in [1.54, 1.807) is 42.7 Å². The third-order valence-corrected chi connectivity index (χ3v) is 19.0. The molecule has 6 rings (SSSR count). The molecule has 480 valence electrons. The van der Waals surface area contributed by atoms with E-state index in [1.165, 1.54) is 0 Å². The molecule has 4 atom stereocenters. The van der Waals surface area contributed by atoms with Crippen molar-refractivity contribution in [1.82, 2.24) is 5.32 Å². The molecule has 5 N–H and O–H groups in total. The molecule has 2 aromatic heterocycles. The van der Waals surface area contributed by atoms with Gasteiger partial charge >= 0.3 is 30.0 Å². The van der Waals surface area contributed by atoms with Crippen LogP contribution in [-0.4, -0.2) is 94.0 Å². The smallest absolute Gasteiger partial charge is 0.408 e. The van der Waals surface area contributed by atoms with Crippen LogP contribution in [0.15, 0.2) is 12.1 Å². The number of alkyl carbamates (subject to hydrolysis) is 1. The number of esters is 2. The summed E-state index contributed by atoms with van der Waals surface area (Å²) in [5.41, 5.74) is 5.76. The molecule has 4 aliphatic rings. The Morgan fingerprint density at radius 3 is 1.28 bits per heavy atom. The van der Waals surface area contributed by atoms with E-state index in [0.29, 0.717) is 90.8 Å². The molecule has 2 heterocycles. The number of ether oxygens (including phenoxy) is 3. The molecule has 86 heavy (non-hydrogen) atoms. The zero-order valence-electron chi connectivity index (χ0n) is 54.0. The fourth-order valence-corrected chi connectivity index (χ4v) is 13.0. The molecule has 0 spiro atoms. The average molecular weight is 1240 g/mol. The molecular weight excluding hydrogens is 1140 g/mol. The van der Waals surface area contributed by atoms with Gasteiger partial charge in [-0.15, -0.1) is 22.7 Å². The molecule has 4 aliphatic carbocycles. The number of carbonyl (C=O) groups is 7. The van der Waals surface area contributed by atoms with Crippen molar-refractivity contribution in [2.75, 3.05) is 9.80 Å². The number of hydrogen-bond donors (Lipinski definition) is 4. The molecule has 0 saturated heterocycles. The number of nitrogens with one attached hydrogen (secondary N) is 1. The fraction of sp³-hybridized carbons (Fsp3) is 0.716. The number of halogens is 1. The summed E-state index contributed by atoms with van der Waals surface area (Å²) < 4.78 is 17.1. The number of nitrogens with zero attached hydrogens (tertiary/aromatic N) is 2. The van der Waals surface area contributed by atoms with E-state index in [9.17, 15) is 43.8 Å². The van der Waals surface area contributed by atoms with Gasteiger partial charge in [0, 0.05) is 34.7 Å². The normalized spacial score (nSPS) is 23.8. The number of thiophene rings is 2. The van der Waals surface area contributed by atoms with Crippen LogP contribution in [0.5, 0.6) is 0 Å². The van der Waals surface area contributed by atoms with E-state index in [2.05, 4.69) is 42.8 Å². The van der Waals surface area contributed by atoms with Gasteiger partial charge in [0.05, 0.1) is 21.1 Å². The lowest BCUT2D eigenvalue weighted by atomic mass is 9.81. The Bertz CT molecular complexity index is 2750. The lowest BCUT2D eigenvalue weighted by molar-refractivity contribution is -0.155. The van der Waals surface area contributed by atoms with Gasteiger partial charge in [-0.3, -0.25) is 19.1 Å². The quantitative estimate of drug-likeness (QED) is 0.0657. The monoisotopic (exact) mass is 1240 g/mol. The maximum absolute atomic E-state index is 14.2. The summed E-state index contributed by atoms with van der Waals surface area (Å²) in [5, 5.41) is 23.0. The molecular formula is C67H101FN4O12S2. The topological polar surface area (TPSA) is 232 Å². The van der Waals surface area contributed by atoms with Crippen LogP contribution in [0.25, 0.3) is 0 Å². The minimum Gasteiger partial charge on any atom is -0.477 e. The first-order valence-electron chi connectivity index (χ1n) is 31.3. The van der Waals surface area contributed by atoms with Gasteiger partial charge in [0.1, 0.15) is 39.6 Å². The van der Waals surface area contributed by atoms with Crippen molar-refractivity contribution in [3.05, 3.63) is 31.6 Å². The van der Waals surface area contributed by atoms with Crippen LogP contribution < -0.4 is 20.9 Å². The zero-order valence-corrected chi connectivity index (χ0v) is 55.6. The third-order valence-electron chi connectivity index (χ3n) is 16.9. The Kier molecular flexibility index (Phi) is 27.3. The molecule has 3 amide bonds. The predicted molar refractivity (Wildman–Crippen MR) is 339 cm³/mol. The Balaban J connectivity index is 0.000000369. The van der Waals surface area contributed by atoms with Gasteiger partial charge in [-0.1, -0.05) is 78.1 Å². The summed E-state index contributed by atoms with van der Waals surface area (Å²) in [5.74, 6) is 10.4. The van der Waals surface area contributed by atoms with Crippen molar-refractivity contribution in [3.8, 4) is 23.7 Å². The second-order valence-electron chi connectivity index (χ2n) is 27.7. The lowest BCUT2D eigenvalue weighted by Gasteiger charge is -2.39. The summed E-state index contributed by atoms with van der Waals surface area (Å²) in [6.07, 6.45) is 12.0.